The van der Waals surface area contributed by atoms with E-state index >= 15 is 0 Å². The van der Waals surface area contributed by atoms with Gasteiger partial charge < -0.3 is 14.2 Å². The number of carbonyl (C=O) groups is 3. The van der Waals surface area contributed by atoms with Crippen LogP contribution in [0.15, 0.2) is 0 Å². The van der Waals surface area contributed by atoms with Crippen LogP contribution < -0.4 is 0 Å². The quantitative estimate of drug-likeness (QED) is 0.0343. The van der Waals surface area contributed by atoms with Gasteiger partial charge in [-0.2, -0.15) is 0 Å². The van der Waals surface area contributed by atoms with Gasteiger partial charge in [0.05, 0.1) is 0 Å². The molecule has 0 aliphatic carbocycles. The second-order valence-electron chi connectivity index (χ2n) is 21.0. The van der Waals surface area contributed by atoms with Crippen molar-refractivity contribution in [1.29, 1.82) is 0 Å². The lowest BCUT2D eigenvalue weighted by molar-refractivity contribution is -0.167. The van der Waals surface area contributed by atoms with E-state index in [9.17, 15) is 14.4 Å². The second kappa shape index (κ2) is 57.0. The van der Waals surface area contributed by atoms with Gasteiger partial charge in [0.1, 0.15) is 13.2 Å². The number of hydrogen-bond acceptors (Lipinski definition) is 6. The van der Waals surface area contributed by atoms with E-state index in [0.717, 1.165) is 57.8 Å². The average molecular weight is 948 g/mol. The third kappa shape index (κ3) is 55.2. The zero-order chi connectivity index (χ0) is 48.6. The minimum atomic E-state index is -0.760. The van der Waals surface area contributed by atoms with E-state index in [-0.39, 0.29) is 31.1 Å². The van der Waals surface area contributed by atoms with E-state index in [0.29, 0.717) is 19.3 Å². The number of esters is 3. The zero-order valence-corrected chi connectivity index (χ0v) is 45.7. The van der Waals surface area contributed by atoms with Crippen LogP contribution in [0.5, 0.6) is 0 Å². The molecule has 0 saturated heterocycles. The molecule has 6 heteroatoms. The first-order valence-electron chi connectivity index (χ1n) is 30.5. The van der Waals surface area contributed by atoms with E-state index < -0.39 is 6.10 Å². The number of hydrogen-bond donors (Lipinski definition) is 0. The van der Waals surface area contributed by atoms with Crippen LogP contribution in [0.3, 0.4) is 0 Å². The first kappa shape index (κ1) is 65.4. The highest BCUT2D eigenvalue weighted by Gasteiger charge is 2.19. The fourth-order valence-electron chi connectivity index (χ4n) is 9.51. The van der Waals surface area contributed by atoms with Crippen LogP contribution in [0.4, 0.5) is 0 Å². The molecule has 0 radical (unpaired) electrons. The molecular weight excluding hydrogens is 829 g/mol. The predicted octanol–water partition coefficient (Wildman–Crippen LogP) is 20.3. The van der Waals surface area contributed by atoms with Crippen molar-refractivity contribution in [2.45, 2.75) is 361 Å². The summed E-state index contributed by atoms with van der Waals surface area (Å²) in [6.07, 6.45) is 64.2. The van der Waals surface area contributed by atoms with E-state index in [4.69, 9.17) is 14.2 Å². The van der Waals surface area contributed by atoms with Gasteiger partial charge in [-0.3, -0.25) is 14.4 Å². The van der Waals surface area contributed by atoms with Crippen LogP contribution in [0.1, 0.15) is 355 Å². The lowest BCUT2D eigenvalue weighted by atomic mass is 10.0. The molecule has 1 unspecified atom stereocenters. The Morgan fingerprint density at radius 3 is 0.597 bits per heavy atom. The maximum atomic E-state index is 12.8. The monoisotopic (exact) mass is 947 g/mol. The van der Waals surface area contributed by atoms with Crippen LogP contribution in [0.25, 0.3) is 0 Å². The van der Waals surface area contributed by atoms with Crippen molar-refractivity contribution in [3.05, 3.63) is 0 Å². The van der Waals surface area contributed by atoms with E-state index in [1.54, 1.807) is 0 Å². The van der Waals surface area contributed by atoms with Crippen LogP contribution in [0.2, 0.25) is 0 Å². The van der Waals surface area contributed by atoms with Crippen molar-refractivity contribution in [2.75, 3.05) is 13.2 Å². The number of ether oxygens (including phenoxy) is 3. The van der Waals surface area contributed by atoms with Crippen molar-refractivity contribution in [2.24, 2.45) is 0 Å². The van der Waals surface area contributed by atoms with Crippen LogP contribution in [-0.4, -0.2) is 37.2 Å². The number of unbranched alkanes of at least 4 members (excludes halogenated alkanes) is 46. The summed E-state index contributed by atoms with van der Waals surface area (Å²) in [5.41, 5.74) is 0. The molecule has 0 aliphatic rings. The largest absolute Gasteiger partial charge is 0.462 e. The van der Waals surface area contributed by atoms with Crippen molar-refractivity contribution >= 4 is 17.9 Å². The molecule has 0 saturated carbocycles. The summed E-state index contributed by atoms with van der Waals surface area (Å²) < 4.78 is 16.8. The molecule has 1 atom stereocenters. The molecule has 0 bridgehead atoms. The maximum absolute atomic E-state index is 12.8. The molecule has 0 aromatic carbocycles. The van der Waals surface area contributed by atoms with Gasteiger partial charge in [-0.1, -0.05) is 316 Å². The van der Waals surface area contributed by atoms with E-state index in [1.807, 2.05) is 0 Å². The van der Waals surface area contributed by atoms with Gasteiger partial charge in [0.15, 0.2) is 6.10 Å². The molecule has 0 aliphatic heterocycles. The molecule has 0 aromatic heterocycles. The van der Waals surface area contributed by atoms with Gasteiger partial charge in [0.25, 0.3) is 0 Å². The highest BCUT2D eigenvalue weighted by Crippen LogP contribution is 2.18. The summed E-state index contributed by atoms with van der Waals surface area (Å²) in [6, 6.07) is 0. The predicted molar refractivity (Wildman–Crippen MR) is 289 cm³/mol. The van der Waals surface area contributed by atoms with Crippen molar-refractivity contribution in [3.8, 4) is 0 Å². The van der Waals surface area contributed by atoms with E-state index in [1.165, 1.54) is 257 Å². The van der Waals surface area contributed by atoms with Crippen molar-refractivity contribution < 1.29 is 28.6 Å². The third-order valence-corrected chi connectivity index (χ3v) is 14.1. The lowest BCUT2D eigenvalue weighted by Crippen LogP contribution is -2.30. The van der Waals surface area contributed by atoms with Gasteiger partial charge in [0.2, 0.25) is 0 Å². The molecule has 0 fully saturated rings. The molecule has 0 spiro atoms. The molecule has 0 amide bonds. The molecule has 0 rings (SSSR count). The minimum Gasteiger partial charge on any atom is -0.462 e. The fraction of sp³-hybridized carbons (Fsp3) is 0.951. The maximum Gasteiger partial charge on any atom is 0.306 e. The zero-order valence-electron chi connectivity index (χ0n) is 45.7. The van der Waals surface area contributed by atoms with Crippen molar-refractivity contribution in [1.82, 2.24) is 0 Å². The minimum absolute atomic E-state index is 0.0617. The first-order valence-corrected chi connectivity index (χ1v) is 30.5. The van der Waals surface area contributed by atoms with Gasteiger partial charge in [0, 0.05) is 19.3 Å². The van der Waals surface area contributed by atoms with Crippen molar-refractivity contribution in [3.63, 3.8) is 0 Å². The first-order chi connectivity index (χ1) is 33.0. The van der Waals surface area contributed by atoms with Crippen LogP contribution in [0, 0.1) is 0 Å². The Morgan fingerprint density at radius 2 is 0.403 bits per heavy atom. The fourth-order valence-corrected chi connectivity index (χ4v) is 9.51. The van der Waals surface area contributed by atoms with Crippen LogP contribution >= 0.6 is 0 Å². The van der Waals surface area contributed by atoms with Gasteiger partial charge >= 0.3 is 17.9 Å². The number of rotatable bonds is 57. The summed E-state index contributed by atoms with van der Waals surface area (Å²) in [5.74, 6) is -0.840. The Hall–Kier alpha value is -1.59. The summed E-state index contributed by atoms with van der Waals surface area (Å²) in [6.45, 7) is 6.67. The summed E-state index contributed by atoms with van der Waals surface area (Å²) in [7, 11) is 0. The normalized spacial score (nSPS) is 11.9. The summed E-state index contributed by atoms with van der Waals surface area (Å²) in [5, 5.41) is 0. The molecule has 0 heterocycles. The molecule has 0 N–H and O–H groups in total. The smallest absolute Gasteiger partial charge is 0.306 e. The van der Waals surface area contributed by atoms with Gasteiger partial charge in [-0.15, -0.1) is 0 Å². The summed E-state index contributed by atoms with van der Waals surface area (Å²) in [4.78, 5) is 38.0. The SMILES string of the molecule is CCCCCCCCCCCCCCCCCCCCCCCCCCCC(=O)OCC(COC(=O)CCCCCCCCC)OC(=O)CCCCCCCCCCCCCCCCCCC. The Bertz CT molecular complexity index is 998. The summed E-state index contributed by atoms with van der Waals surface area (Å²) >= 11 is 0. The highest BCUT2D eigenvalue weighted by molar-refractivity contribution is 5.71. The molecule has 67 heavy (non-hydrogen) atoms. The van der Waals surface area contributed by atoms with Crippen LogP contribution in [-0.2, 0) is 28.6 Å². The standard InChI is InChI=1S/C61H118O6/c1-4-7-10-13-16-18-20-22-24-26-27-28-29-30-31-32-33-35-36-38-40-42-45-48-51-54-60(63)66-57-58(56-65-59(62)53-50-47-44-15-12-9-6-3)67-61(64)55-52-49-46-43-41-39-37-34-25-23-21-19-17-14-11-8-5-2/h58H,4-57H2,1-3H3. The number of carbonyl (C=O) groups excluding carboxylic acids is 3. The Morgan fingerprint density at radius 1 is 0.239 bits per heavy atom. The lowest BCUT2D eigenvalue weighted by Gasteiger charge is -2.18. The van der Waals surface area contributed by atoms with E-state index in [2.05, 4.69) is 20.8 Å². The van der Waals surface area contributed by atoms with Gasteiger partial charge in [-0.05, 0) is 19.3 Å². The molecular formula is C61H118O6. The molecule has 6 nitrogen and oxygen atoms in total. The topological polar surface area (TPSA) is 78.9 Å². The van der Waals surface area contributed by atoms with Gasteiger partial charge in [-0.25, -0.2) is 0 Å². The third-order valence-electron chi connectivity index (χ3n) is 14.1. The molecule has 398 valence electrons. The Balaban J connectivity index is 4.05. The highest BCUT2D eigenvalue weighted by atomic mass is 16.6. The molecule has 0 aromatic rings. The Kier molecular flexibility index (Phi) is 55.6. The Labute approximate surface area is 418 Å². The average Bonchev–Trinajstić information content (AvgIpc) is 3.33. The second-order valence-corrected chi connectivity index (χ2v) is 21.0.